The molecular weight excluding hydrogens is 320 g/mol. The van der Waals surface area contributed by atoms with E-state index in [-0.39, 0.29) is 5.60 Å². The molecule has 0 unspecified atom stereocenters. The number of thiophene rings is 1. The fourth-order valence-electron chi connectivity index (χ4n) is 3.05. The summed E-state index contributed by atoms with van der Waals surface area (Å²) in [7, 11) is 0. The first-order chi connectivity index (χ1) is 11.5. The number of rotatable bonds is 3. The van der Waals surface area contributed by atoms with Crippen molar-refractivity contribution in [3.05, 3.63) is 35.8 Å². The van der Waals surface area contributed by atoms with Crippen molar-refractivity contribution in [2.24, 2.45) is 0 Å². The van der Waals surface area contributed by atoms with Gasteiger partial charge in [-0.05, 0) is 26.8 Å². The van der Waals surface area contributed by atoms with Gasteiger partial charge in [0, 0.05) is 23.9 Å². The smallest absolute Gasteiger partial charge is 0.148 e. The van der Waals surface area contributed by atoms with Gasteiger partial charge in [0.2, 0.25) is 0 Å². The molecule has 0 amide bonds. The lowest BCUT2D eigenvalue weighted by atomic mass is 9.95. The van der Waals surface area contributed by atoms with Crippen molar-refractivity contribution in [1.82, 2.24) is 15.0 Å². The molecule has 124 valence electrons. The number of fused-ring (bicyclic) bond motifs is 4. The van der Waals surface area contributed by atoms with E-state index in [4.69, 9.17) is 9.72 Å². The van der Waals surface area contributed by atoms with Gasteiger partial charge in [0.25, 0.3) is 0 Å². The van der Waals surface area contributed by atoms with Crippen LogP contribution >= 0.6 is 11.3 Å². The van der Waals surface area contributed by atoms with Gasteiger partial charge in [0.05, 0.1) is 28.1 Å². The van der Waals surface area contributed by atoms with Crippen molar-refractivity contribution in [2.75, 3.05) is 11.9 Å². The average Bonchev–Trinajstić information content (AvgIpc) is 2.87. The van der Waals surface area contributed by atoms with Gasteiger partial charge in [-0.3, -0.25) is 0 Å². The standard InChI is InChI=1S/C18H20N4OS/c1-5-6-19-16-15-14(20-10(2)21-16)12-7-11-9-23-18(3,4)8-13(11)22-17(12)24-15/h5,7H,1,6,8-9H2,2-4H3,(H,19,20,21). The highest BCUT2D eigenvalue weighted by Gasteiger charge is 2.28. The maximum atomic E-state index is 5.94. The molecule has 24 heavy (non-hydrogen) atoms. The third-order valence-electron chi connectivity index (χ3n) is 4.21. The summed E-state index contributed by atoms with van der Waals surface area (Å²) in [5.41, 5.74) is 3.11. The maximum absolute atomic E-state index is 5.94. The van der Waals surface area contributed by atoms with Crippen LogP contribution in [-0.2, 0) is 17.8 Å². The minimum absolute atomic E-state index is 0.155. The Morgan fingerprint density at radius 3 is 3.00 bits per heavy atom. The number of hydrogen-bond acceptors (Lipinski definition) is 6. The number of hydrogen-bond donors (Lipinski definition) is 1. The van der Waals surface area contributed by atoms with Crippen LogP contribution in [0.15, 0.2) is 18.7 Å². The SMILES string of the molecule is C=CCNc1nc(C)nc2c1sc1nc3c(cc12)COC(C)(C)C3. The molecule has 6 heteroatoms. The zero-order chi connectivity index (χ0) is 16.9. The molecule has 0 radical (unpaired) electrons. The molecule has 0 bridgehead atoms. The monoisotopic (exact) mass is 340 g/mol. The fraction of sp³-hybridized carbons (Fsp3) is 0.389. The lowest BCUT2D eigenvalue weighted by Crippen LogP contribution is -2.32. The first-order valence-electron chi connectivity index (χ1n) is 8.05. The van der Waals surface area contributed by atoms with Crippen molar-refractivity contribution in [3.63, 3.8) is 0 Å². The normalized spacial score (nSPS) is 16.3. The lowest BCUT2D eigenvalue weighted by Gasteiger charge is -2.30. The first-order valence-corrected chi connectivity index (χ1v) is 8.87. The predicted octanol–water partition coefficient (Wildman–Crippen LogP) is 4.00. The Morgan fingerprint density at radius 1 is 1.38 bits per heavy atom. The molecule has 0 aliphatic carbocycles. The summed E-state index contributed by atoms with van der Waals surface area (Å²) < 4.78 is 6.99. The van der Waals surface area contributed by atoms with Crippen LogP contribution in [0.3, 0.4) is 0 Å². The van der Waals surface area contributed by atoms with Crippen molar-refractivity contribution >= 4 is 37.6 Å². The highest BCUT2D eigenvalue weighted by atomic mass is 32.1. The Morgan fingerprint density at radius 2 is 2.21 bits per heavy atom. The quantitative estimate of drug-likeness (QED) is 0.730. The van der Waals surface area contributed by atoms with Gasteiger partial charge in [0.15, 0.2) is 0 Å². The molecule has 4 heterocycles. The van der Waals surface area contributed by atoms with E-state index in [1.807, 2.05) is 13.0 Å². The molecule has 0 aromatic carbocycles. The molecule has 0 saturated carbocycles. The van der Waals surface area contributed by atoms with Crippen LogP contribution in [0.2, 0.25) is 0 Å². The molecule has 1 aliphatic rings. The van der Waals surface area contributed by atoms with Crippen molar-refractivity contribution < 1.29 is 4.74 Å². The zero-order valence-electron chi connectivity index (χ0n) is 14.1. The second kappa shape index (κ2) is 5.50. The molecule has 1 N–H and O–H groups in total. The van der Waals surface area contributed by atoms with E-state index in [1.165, 1.54) is 5.56 Å². The van der Waals surface area contributed by atoms with Gasteiger partial charge in [-0.1, -0.05) is 6.08 Å². The number of nitrogens with one attached hydrogen (secondary N) is 1. The fourth-order valence-corrected chi connectivity index (χ4v) is 4.14. The second-order valence-electron chi connectivity index (χ2n) is 6.74. The van der Waals surface area contributed by atoms with E-state index in [0.29, 0.717) is 13.2 Å². The summed E-state index contributed by atoms with van der Waals surface area (Å²) in [5.74, 6) is 1.61. The molecule has 3 aromatic heterocycles. The highest BCUT2D eigenvalue weighted by molar-refractivity contribution is 7.25. The van der Waals surface area contributed by atoms with Crippen molar-refractivity contribution in [1.29, 1.82) is 0 Å². The Bertz CT molecular complexity index is 961. The van der Waals surface area contributed by atoms with E-state index < -0.39 is 0 Å². The molecule has 3 aromatic rings. The number of aromatic nitrogens is 3. The number of ether oxygens (including phenoxy) is 1. The van der Waals surface area contributed by atoms with Gasteiger partial charge >= 0.3 is 0 Å². The van der Waals surface area contributed by atoms with Crippen molar-refractivity contribution in [2.45, 2.75) is 39.4 Å². The zero-order valence-corrected chi connectivity index (χ0v) is 15.0. The van der Waals surface area contributed by atoms with E-state index in [2.05, 4.69) is 41.8 Å². The minimum atomic E-state index is -0.155. The number of aryl methyl sites for hydroxylation is 1. The maximum Gasteiger partial charge on any atom is 0.148 e. The summed E-state index contributed by atoms with van der Waals surface area (Å²) in [4.78, 5) is 15.1. The third kappa shape index (κ3) is 2.56. The number of pyridine rings is 1. The lowest BCUT2D eigenvalue weighted by molar-refractivity contribution is -0.0411. The Hall–Kier alpha value is -2.05. The van der Waals surface area contributed by atoms with Gasteiger partial charge in [-0.15, -0.1) is 17.9 Å². The van der Waals surface area contributed by atoms with Gasteiger partial charge < -0.3 is 10.1 Å². The van der Waals surface area contributed by atoms with E-state index in [9.17, 15) is 0 Å². The van der Waals surface area contributed by atoms with Crippen LogP contribution in [0.1, 0.15) is 30.9 Å². The molecule has 0 atom stereocenters. The molecule has 1 aliphatic heterocycles. The topological polar surface area (TPSA) is 59.9 Å². The Balaban J connectivity index is 1.93. The Kier molecular flexibility index (Phi) is 3.54. The molecule has 0 spiro atoms. The molecule has 0 saturated heterocycles. The summed E-state index contributed by atoms with van der Waals surface area (Å²) in [5, 5.41) is 4.40. The average molecular weight is 340 g/mol. The van der Waals surface area contributed by atoms with Crippen molar-refractivity contribution in [3.8, 4) is 0 Å². The predicted molar refractivity (Wildman–Crippen MR) is 98.7 cm³/mol. The molecular formula is C18H20N4OS. The summed E-state index contributed by atoms with van der Waals surface area (Å²) in [6.45, 7) is 11.2. The molecule has 0 fully saturated rings. The van der Waals surface area contributed by atoms with Crippen LogP contribution in [-0.4, -0.2) is 27.1 Å². The van der Waals surface area contributed by atoms with Crippen LogP contribution in [0.5, 0.6) is 0 Å². The molecule has 4 rings (SSSR count). The highest BCUT2D eigenvalue weighted by Crippen LogP contribution is 2.38. The van der Waals surface area contributed by atoms with E-state index in [1.54, 1.807) is 11.3 Å². The van der Waals surface area contributed by atoms with E-state index >= 15 is 0 Å². The minimum Gasteiger partial charge on any atom is -0.370 e. The first kappa shape index (κ1) is 15.5. The van der Waals surface area contributed by atoms with Gasteiger partial charge in [-0.2, -0.15) is 0 Å². The second-order valence-corrected chi connectivity index (χ2v) is 7.74. The van der Waals surface area contributed by atoms with Gasteiger partial charge in [0.1, 0.15) is 16.5 Å². The van der Waals surface area contributed by atoms with Crippen LogP contribution in [0.4, 0.5) is 5.82 Å². The van der Waals surface area contributed by atoms with Gasteiger partial charge in [-0.25, -0.2) is 15.0 Å². The Labute approximate surface area is 144 Å². The number of anilines is 1. The van der Waals surface area contributed by atoms with Crippen LogP contribution in [0.25, 0.3) is 20.4 Å². The third-order valence-corrected chi connectivity index (χ3v) is 5.31. The summed E-state index contributed by atoms with van der Waals surface area (Å²) in [6.07, 6.45) is 2.66. The summed E-state index contributed by atoms with van der Waals surface area (Å²) >= 11 is 1.65. The number of nitrogens with zero attached hydrogens (tertiary/aromatic N) is 3. The van der Waals surface area contributed by atoms with Crippen LogP contribution < -0.4 is 5.32 Å². The molecule has 5 nitrogen and oxygen atoms in total. The van der Waals surface area contributed by atoms with Crippen LogP contribution in [0, 0.1) is 6.92 Å². The summed E-state index contributed by atoms with van der Waals surface area (Å²) in [6, 6.07) is 2.19. The van der Waals surface area contributed by atoms with E-state index in [0.717, 1.165) is 44.2 Å². The largest absolute Gasteiger partial charge is 0.370 e.